The van der Waals surface area contributed by atoms with Crippen LogP contribution in [0.4, 0.5) is 10.6 Å². The van der Waals surface area contributed by atoms with E-state index >= 15 is 0 Å². The molecular weight excluding hydrogens is 318 g/mol. The van der Waals surface area contributed by atoms with Crippen LogP contribution in [0, 0.1) is 6.92 Å². The highest BCUT2D eigenvalue weighted by Gasteiger charge is 2.23. The molecule has 7 nitrogen and oxygen atoms in total. The van der Waals surface area contributed by atoms with E-state index in [4.69, 9.17) is 4.52 Å². The van der Waals surface area contributed by atoms with Gasteiger partial charge in [0, 0.05) is 37.9 Å². The van der Waals surface area contributed by atoms with Crippen LogP contribution in [0.25, 0.3) is 0 Å². The zero-order valence-electron chi connectivity index (χ0n) is 14.8. The lowest BCUT2D eigenvalue weighted by Crippen LogP contribution is -2.37. The number of anilines is 1. The van der Waals surface area contributed by atoms with Crippen molar-refractivity contribution in [1.29, 1.82) is 0 Å². The highest BCUT2D eigenvalue weighted by atomic mass is 16.5. The first-order valence-electron chi connectivity index (χ1n) is 8.71. The summed E-state index contributed by atoms with van der Waals surface area (Å²) in [6.07, 6.45) is 4.85. The third kappa shape index (κ3) is 4.79. The van der Waals surface area contributed by atoms with Gasteiger partial charge in [0.25, 0.3) is 0 Å². The monoisotopic (exact) mass is 343 g/mol. The van der Waals surface area contributed by atoms with E-state index in [9.17, 15) is 4.79 Å². The number of aryl methyl sites for hydroxylation is 1. The van der Waals surface area contributed by atoms with Crippen LogP contribution < -0.4 is 5.32 Å². The average Bonchev–Trinajstić information content (AvgIpc) is 2.86. The number of likely N-dealkylation sites (tertiary alicyclic amines) is 1. The minimum atomic E-state index is -0.110. The Morgan fingerprint density at radius 1 is 1.40 bits per heavy atom. The molecule has 1 unspecified atom stereocenters. The van der Waals surface area contributed by atoms with E-state index in [1.807, 2.05) is 29.3 Å². The van der Waals surface area contributed by atoms with Crippen LogP contribution in [0.1, 0.15) is 30.7 Å². The van der Waals surface area contributed by atoms with Crippen molar-refractivity contribution in [2.75, 3.05) is 25.5 Å². The van der Waals surface area contributed by atoms with Crippen LogP contribution in [0.5, 0.6) is 0 Å². The van der Waals surface area contributed by atoms with E-state index in [1.54, 1.807) is 13.0 Å². The minimum Gasteiger partial charge on any atom is -0.360 e. The topological polar surface area (TPSA) is 74.5 Å². The van der Waals surface area contributed by atoms with Crippen LogP contribution in [0.2, 0.25) is 0 Å². The maximum Gasteiger partial charge on any atom is 0.323 e. The number of aromatic nitrogens is 2. The van der Waals surface area contributed by atoms with Crippen molar-refractivity contribution in [2.24, 2.45) is 0 Å². The lowest BCUT2D eigenvalue weighted by atomic mass is 10.1. The number of urea groups is 1. The van der Waals surface area contributed by atoms with Crippen molar-refractivity contribution >= 4 is 11.8 Å². The van der Waals surface area contributed by atoms with Crippen LogP contribution >= 0.6 is 0 Å². The maximum absolute atomic E-state index is 12.4. The van der Waals surface area contributed by atoms with Gasteiger partial charge >= 0.3 is 6.03 Å². The molecule has 0 saturated carbocycles. The van der Waals surface area contributed by atoms with Crippen molar-refractivity contribution in [1.82, 2.24) is 19.9 Å². The van der Waals surface area contributed by atoms with E-state index in [0.29, 0.717) is 17.6 Å². The molecular formula is C18H25N5O2. The lowest BCUT2D eigenvalue weighted by Gasteiger charge is -2.27. The number of hydrogen-bond donors (Lipinski definition) is 1. The predicted molar refractivity (Wildman–Crippen MR) is 95.2 cm³/mol. The highest BCUT2D eigenvalue weighted by Crippen LogP contribution is 2.18. The molecule has 1 fully saturated rings. The Morgan fingerprint density at radius 2 is 2.28 bits per heavy atom. The van der Waals surface area contributed by atoms with E-state index in [1.165, 1.54) is 0 Å². The second-order valence-corrected chi connectivity index (χ2v) is 6.56. The Bertz CT molecular complexity index is 688. The SMILES string of the molecule is Cc1cc(NC(=O)N2CCCC(N(C)Cc3ccccn3)CC2)no1. The summed E-state index contributed by atoms with van der Waals surface area (Å²) in [6.45, 7) is 4.13. The first-order valence-corrected chi connectivity index (χ1v) is 8.71. The molecule has 2 aromatic rings. The summed E-state index contributed by atoms with van der Waals surface area (Å²) in [6, 6.07) is 8.06. The summed E-state index contributed by atoms with van der Waals surface area (Å²) in [7, 11) is 2.13. The smallest absolute Gasteiger partial charge is 0.323 e. The second-order valence-electron chi connectivity index (χ2n) is 6.56. The zero-order valence-corrected chi connectivity index (χ0v) is 14.8. The Kier molecular flexibility index (Phi) is 5.65. The lowest BCUT2D eigenvalue weighted by molar-refractivity contribution is 0.200. The number of hydrogen-bond acceptors (Lipinski definition) is 5. The molecule has 1 aliphatic rings. The first-order chi connectivity index (χ1) is 12.1. The van der Waals surface area contributed by atoms with Gasteiger partial charge in [-0.2, -0.15) is 0 Å². The van der Waals surface area contributed by atoms with Crippen LogP contribution in [0.15, 0.2) is 35.0 Å². The molecule has 1 N–H and O–H groups in total. The Morgan fingerprint density at radius 3 is 3.00 bits per heavy atom. The third-order valence-corrected chi connectivity index (χ3v) is 4.61. The molecule has 134 valence electrons. The summed E-state index contributed by atoms with van der Waals surface area (Å²) in [4.78, 5) is 21.0. The summed E-state index contributed by atoms with van der Waals surface area (Å²) in [5.74, 6) is 1.15. The molecule has 0 spiro atoms. The Labute approximate surface area is 148 Å². The molecule has 0 bridgehead atoms. The number of amides is 2. The quantitative estimate of drug-likeness (QED) is 0.924. The van der Waals surface area contributed by atoms with Gasteiger partial charge in [-0.25, -0.2) is 4.79 Å². The molecule has 2 aromatic heterocycles. The van der Waals surface area contributed by atoms with Gasteiger partial charge in [-0.3, -0.25) is 15.2 Å². The van der Waals surface area contributed by atoms with E-state index in [0.717, 1.165) is 44.6 Å². The molecule has 3 heterocycles. The van der Waals surface area contributed by atoms with Crippen molar-refractivity contribution < 1.29 is 9.32 Å². The normalized spacial score (nSPS) is 18.2. The Hall–Kier alpha value is -2.41. The molecule has 7 heteroatoms. The van der Waals surface area contributed by atoms with Crippen molar-refractivity contribution in [3.63, 3.8) is 0 Å². The number of carbonyl (C=O) groups is 1. The first kappa shape index (κ1) is 17.4. The van der Waals surface area contributed by atoms with Gasteiger partial charge in [0.15, 0.2) is 5.82 Å². The van der Waals surface area contributed by atoms with Gasteiger partial charge in [0.1, 0.15) is 5.76 Å². The highest BCUT2D eigenvalue weighted by molar-refractivity contribution is 5.88. The average molecular weight is 343 g/mol. The molecule has 1 atom stereocenters. The standard InChI is InChI=1S/C18H25N5O2/c1-14-12-17(21-25-14)20-18(24)23-10-5-7-16(8-11-23)22(2)13-15-6-3-4-9-19-15/h3-4,6,9,12,16H,5,7-8,10-11,13H2,1-2H3,(H,20,21,24). The van der Waals surface area contributed by atoms with Gasteiger partial charge in [-0.15, -0.1) is 0 Å². The number of pyridine rings is 1. The molecule has 3 rings (SSSR count). The molecule has 25 heavy (non-hydrogen) atoms. The van der Waals surface area contributed by atoms with Gasteiger partial charge < -0.3 is 9.42 Å². The molecule has 2 amide bonds. The van der Waals surface area contributed by atoms with E-state index in [2.05, 4.69) is 27.4 Å². The van der Waals surface area contributed by atoms with Crippen molar-refractivity contribution in [3.05, 3.63) is 41.9 Å². The van der Waals surface area contributed by atoms with Gasteiger partial charge in [0.05, 0.1) is 5.69 Å². The van der Waals surface area contributed by atoms with Gasteiger partial charge in [-0.05, 0) is 45.4 Å². The summed E-state index contributed by atoms with van der Waals surface area (Å²) in [5, 5.41) is 6.62. The summed E-state index contributed by atoms with van der Waals surface area (Å²) >= 11 is 0. The number of nitrogens with zero attached hydrogens (tertiary/aromatic N) is 4. The van der Waals surface area contributed by atoms with Crippen LogP contribution in [0.3, 0.4) is 0 Å². The van der Waals surface area contributed by atoms with Crippen LogP contribution in [-0.4, -0.2) is 52.2 Å². The zero-order chi connectivity index (χ0) is 17.6. The molecule has 0 aromatic carbocycles. The fraction of sp³-hybridized carbons (Fsp3) is 0.500. The summed E-state index contributed by atoms with van der Waals surface area (Å²) < 4.78 is 4.99. The third-order valence-electron chi connectivity index (χ3n) is 4.61. The fourth-order valence-corrected chi connectivity index (χ4v) is 3.21. The number of rotatable bonds is 4. The van der Waals surface area contributed by atoms with E-state index in [-0.39, 0.29) is 6.03 Å². The van der Waals surface area contributed by atoms with Crippen LogP contribution in [-0.2, 0) is 6.54 Å². The van der Waals surface area contributed by atoms with Gasteiger partial charge in [-0.1, -0.05) is 11.2 Å². The largest absolute Gasteiger partial charge is 0.360 e. The summed E-state index contributed by atoms with van der Waals surface area (Å²) in [5.41, 5.74) is 1.07. The van der Waals surface area contributed by atoms with Gasteiger partial charge in [0.2, 0.25) is 0 Å². The minimum absolute atomic E-state index is 0.110. The Balaban J connectivity index is 1.52. The molecule has 1 aliphatic heterocycles. The maximum atomic E-state index is 12.4. The molecule has 0 radical (unpaired) electrons. The molecule has 0 aliphatic carbocycles. The van der Waals surface area contributed by atoms with Crippen molar-refractivity contribution in [2.45, 2.75) is 38.8 Å². The second kappa shape index (κ2) is 8.11. The molecule has 1 saturated heterocycles. The van der Waals surface area contributed by atoms with E-state index < -0.39 is 0 Å². The van der Waals surface area contributed by atoms with Crippen molar-refractivity contribution in [3.8, 4) is 0 Å². The predicted octanol–water partition coefficient (Wildman–Crippen LogP) is 2.90. The fourth-order valence-electron chi connectivity index (χ4n) is 3.21. The number of carbonyl (C=O) groups excluding carboxylic acids is 1. The number of nitrogens with one attached hydrogen (secondary N) is 1.